The number of carbonyl (C=O) groups is 1. The van der Waals surface area contributed by atoms with Crippen LogP contribution >= 0.6 is 0 Å². The fourth-order valence-corrected chi connectivity index (χ4v) is 3.01. The molecule has 3 heteroatoms. The van der Waals surface area contributed by atoms with E-state index in [1.165, 1.54) is 5.56 Å². The molecule has 0 fully saturated rings. The molecule has 0 radical (unpaired) electrons. The molecule has 1 aliphatic carbocycles. The summed E-state index contributed by atoms with van der Waals surface area (Å²) in [5.41, 5.74) is 3.89. The summed E-state index contributed by atoms with van der Waals surface area (Å²) in [5, 5.41) is 0. The third-order valence-corrected chi connectivity index (χ3v) is 4.09. The summed E-state index contributed by atoms with van der Waals surface area (Å²) < 4.78 is 0. The Balaban J connectivity index is 2.10. The third-order valence-electron chi connectivity index (χ3n) is 4.09. The Bertz CT molecular complexity index is 704. The highest BCUT2D eigenvalue weighted by molar-refractivity contribution is 5.98. The van der Waals surface area contributed by atoms with Gasteiger partial charge in [0.1, 0.15) is 0 Å². The largest absolute Gasteiger partial charge is 0.294 e. The highest BCUT2D eigenvalue weighted by Gasteiger charge is 2.32. The number of aryl methyl sites for hydroxylation is 1. The molecule has 2 aromatic rings. The SMILES string of the molecule is CCc1ccccc1-c1ncc2c(n1)CC(C)(C)CC2=O. The molecule has 1 aromatic carbocycles. The van der Waals surface area contributed by atoms with Crippen LogP contribution in [0.4, 0.5) is 0 Å². The molecule has 0 saturated heterocycles. The fourth-order valence-electron chi connectivity index (χ4n) is 3.01. The maximum absolute atomic E-state index is 12.2. The first kappa shape index (κ1) is 13.9. The lowest BCUT2D eigenvalue weighted by atomic mass is 9.76. The predicted molar refractivity (Wildman–Crippen MR) is 83.3 cm³/mol. The quantitative estimate of drug-likeness (QED) is 0.839. The normalized spacial score (nSPS) is 16.6. The van der Waals surface area contributed by atoms with Gasteiger partial charge in [0.05, 0.1) is 11.3 Å². The van der Waals surface area contributed by atoms with Crippen LogP contribution in [0.5, 0.6) is 0 Å². The molecule has 0 unspecified atom stereocenters. The van der Waals surface area contributed by atoms with Crippen molar-refractivity contribution in [2.24, 2.45) is 5.41 Å². The molecule has 21 heavy (non-hydrogen) atoms. The molecular weight excluding hydrogens is 260 g/mol. The second-order valence-corrected chi connectivity index (χ2v) is 6.51. The number of hydrogen-bond acceptors (Lipinski definition) is 3. The minimum atomic E-state index is -0.0139. The van der Waals surface area contributed by atoms with Crippen LogP contribution < -0.4 is 0 Å². The number of hydrogen-bond donors (Lipinski definition) is 0. The first-order valence-electron chi connectivity index (χ1n) is 7.47. The average Bonchev–Trinajstić information content (AvgIpc) is 2.45. The van der Waals surface area contributed by atoms with Gasteiger partial charge in [0.15, 0.2) is 11.6 Å². The van der Waals surface area contributed by atoms with Gasteiger partial charge >= 0.3 is 0 Å². The minimum absolute atomic E-state index is 0.0139. The van der Waals surface area contributed by atoms with Crippen LogP contribution in [0.15, 0.2) is 30.5 Å². The molecule has 0 saturated carbocycles. The summed E-state index contributed by atoms with van der Waals surface area (Å²) in [6, 6.07) is 8.20. The van der Waals surface area contributed by atoms with Gasteiger partial charge < -0.3 is 0 Å². The molecule has 0 N–H and O–H groups in total. The molecule has 3 nitrogen and oxygen atoms in total. The van der Waals surface area contributed by atoms with Crippen molar-refractivity contribution in [3.8, 4) is 11.4 Å². The average molecular weight is 280 g/mol. The third kappa shape index (κ3) is 2.60. The van der Waals surface area contributed by atoms with E-state index < -0.39 is 0 Å². The van der Waals surface area contributed by atoms with Crippen molar-refractivity contribution in [1.82, 2.24) is 9.97 Å². The second-order valence-electron chi connectivity index (χ2n) is 6.51. The van der Waals surface area contributed by atoms with Crippen molar-refractivity contribution in [1.29, 1.82) is 0 Å². The summed E-state index contributed by atoms with van der Waals surface area (Å²) in [6.45, 7) is 6.37. The molecule has 0 spiro atoms. The van der Waals surface area contributed by atoms with Crippen molar-refractivity contribution in [2.75, 3.05) is 0 Å². The Labute approximate surface area is 125 Å². The lowest BCUT2D eigenvalue weighted by Gasteiger charge is -2.29. The maximum atomic E-state index is 12.2. The summed E-state index contributed by atoms with van der Waals surface area (Å²) in [4.78, 5) is 21.3. The summed E-state index contributed by atoms with van der Waals surface area (Å²) in [5.74, 6) is 0.897. The van der Waals surface area contributed by atoms with Gasteiger partial charge in [0, 0.05) is 18.2 Å². The van der Waals surface area contributed by atoms with Crippen molar-refractivity contribution in [3.05, 3.63) is 47.3 Å². The molecular formula is C18H20N2O. The van der Waals surface area contributed by atoms with Crippen molar-refractivity contribution in [2.45, 2.75) is 40.0 Å². The van der Waals surface area contributed by atoms with Gasteiger partial charge in [0.2, 0.25) is 0 Å². The molecule has 0 atom stereocenters. The van der Waals surface area contributed by atoms with Crippen LogP contribution in [0.1, 0.15) is 48.8 Å². The van der Waals surface area contributed by atoms with Gasteiger partial charge in [-0.15, -0.1) is 0 Å². The van der Waals surface area contributed by atoms with E-state index in [4.69, 9.17) is 4.98 Å². The van der Waals surface area contributed by atoms with Crippen LogP contribution in [0.3, 0.4) is 0 Å². The Morgan fingerprint density at radius 1 is 1.14 bits per heavy atom. The van der Waals surface area contributed by atoms with Crippen LogP contribution in [0.25, 0.3) is 11.4 Å². The number of rotatable bonds is 2. The van der Waals surface area contributed by atoms with Gasteiger partial charge in [-0.3, -0.25) is 4.79 Å². The minimum Gasteiger partial charge on any atom is -0.294 e. The van der Waals surface area contributed by atoms with Gasteiger partial charge in [0.25, 0.3) is 0 Å². The highest BCUT2D eigenvalue weighted by atomic mass is 16.1. The molecule has 3 rings (SSSR count). The number of nitrogens with zero attached hydrogens (tertiary/aromatic N) is 2. The zero-order chi connectivity index (χ0) is 15.0. The Morgan fingerprint density at radius 2 is 1.90 bits per heavy atom. The number of benzene rings is 1. The van der Waals surface area contributed by atoms with E-state index >= 15 is 0 Å². The molecule has 0 bridgehead atoms. The van der Waals surface area contributed by atoms with E-state index in [-0.39, 0.29) is 11.2 Å². The number of carbonyl (C=O) groups excluding carboxylic acids is 1. The Kier molecular flexibility index (Phi) is 3.36. The molecule has 1 aliphatic rings. The zero-order valence-corrected chi connectivity index (χ0v) is 12.8. The lowest BCUT2D eigenvalue weighted by Crippen LogP contribution is -2.28. The highest BCUT2D eigenvalue weighted by Crippen LogP contribution is 2.34. The predicted octanol–water partition coefficient (Wildman–Crippen LogP) is 3.86. The van der Waals surface area contributed by atoms with E-state index in [1.54, 1.807) is 6.20 Å². The summed E-state index contributed by atoms with van der Waals surface area (Å²) >= 11 is 0. The second kappa shape index (κ2) is 5.06. The van der Waals surface area contributed by atoms with E-state index in [1.807, 2.05) is 12.1 Å². The summed E-state index contributed by atoms with van der Waals surface area (Å²) in [6.07, 6.45) is 4.06. The van der Waals surface area contributed by atoms with Gasteiger partial charge in [-0.05, 0) is 23.8 Å². The smallest absolute Gasteiger partial charge is 0.166 e. The molecule has 0 amide bonds. The number of aromatic nitrogens is 2. The maximum Gasteiger partial charge on any atom is 0.166 e. The molecule has 1 aromatic heterocycles. The van der Waals surface area contributed by atoms with Crippen molar-refractivity contribution in [3.63, 3.8) is 0 Å². The van der Waals surface area contributed by atoms with Gasteiger partial charge in [-0.25, -0.2) is 9.97 Å². The van der Waals surface area contributed by atoms with Crippen LogP contribution in [-0.4, -0.2) is 15.8 Å². The summed E-state index contributed by atoms with van der Waals surface area (Å²) in [7, 11) is 0. The lowest BCUT2D eigenvalue weighted by molar-refractivity contribution is 0.0910. The number of ketones is 1. The monoisotopic (exact) mass is 280 g/mol. The fraction of sp³-hybridized carbons (Fsp3) is 0.389. The van der Waals surface area contributed by atoms with Gasteiger partial charge in [-0.1, -0.05) is 45.0 Å². The standard InChI is InChI=1S/C18H20N2O/c1-4-12-7-5-6-8-13(12)17-19-11-14-15(20-17)9-18(2,3)10-16(14)21/h5-8,11H,4,9-10H2,1-3H3. The van der Waals surface area contributed by atoms with Crippen LogP contribution in [-0.2, 0) is 12.8 Å². The zero-order valence-electron chi connectivity index (χ0n) is 12.8. The van der Waals surface area contributed by atoms with Crippen molar-refractivity contribution >= 4 is 5.78 Å². The Hall–Kier alpha value is -2.03. The Morgan fingerprint density at radius 3 is 2.67 bits per heavy atom. The van der Waals surface area contributed by atoms with E-state index in [0.29, 0.717) is 12.0 Å². The van der Waals surface area contributed by atoms with E-state index in [2.05, 4.69) is 37.9 Å². The van der Waals surface area contributed by atoms with Crippen LogP contribution in [0, 0.1) is 5.41 Å². The van der Waals surface area contributed by atoms with Crippen LogP contribution in [0.2, 0.25) is 0 Å². The molecule has 1 heterocycles. The van der Waals surface area contributed by atoms with E-state index in [0.717, 1.165) is 29.9 Å². The molecule has 108 valence electrons. The van der Waals surface area contributed by atoms with Crippen molar-refractivity contribution < 1.29 is 4.79 Å². The molecule has 0 aliphatic heterocycles. The first-order chi connectivity index (χ1) is 10.00. The first-order valence-corrected chi connectivity index (χ1v) is 7.47. The number of Topliss-reactive ketones (excluding diaryl/α,β-unsaturated/α-hetero) is 1. The topological polar surface area (TPSA) is 42.9 Å². The van der Waals surface area contributed by atoms with E-state index in [9.17, 15) is 4.79 Å². The number of fused-ring (bicyclic) bond motifs is 1. The van der Waals surface area contributed by atoms with Gasteiger partial charge in [-0.2, -0.15) is 0 Å².